The second kappa shape index (κ2) is 87.2. The van der Waals surface area contributed by atoms with Crippen LogP contribution in [0.4, 0.5) is 5.69 Å². The first kappa shape index (κ1) is 120. The fourth-order valence-corrected chi connectivity index (χ4v) is 20.9. The van der Waals surface area contributed by atoms with E-state index in [0.29, 0.717) is 22.4 Å². The van der Waals surface area contributed by atoms with Crippen LogP contribution in [0.3, 0.4) is 0 Å². The zero-order chi connectivity index (χ0) is 92.0. The summed E-state index contributed by atoms with van der Waals surface area (Å²) in [7, 11) is 0.872. The van der Waals surface area contributed by atoms with E-state index in [-0.39, 0.29) is 28.4 Å². The molecule has 0 spiro atoms. The van der Waals surface area contributed by atoms with Crippen molar-refractivity contribution in [2.24, 2.45) is 0 Å². The maximum atomic E-state index is 12.7. The number of nitrogens with zero attached hydrogens (tertiary/aromatic N) is 2. The van der Waals surface area contributed by atoms with Crippen LogP contribution in [-0.4, -0.2) is 86.9 Å². The van der Waals surface area contributed by atoms with Crippen LogP contribution in [0.25, 0.3) is 0 Å². The minimum Gasteiger partial charge on any atom is -0.351 e. The van der Waals surface area contributed by atoms with Gasteiger partial charge in [0.1, 0.15) is 0 Å². The first-order valence-electron chi connectivity index (χ1n) is 57.6. The Morgan fingerprint density at radius 2 is 0.457 bits per heavy atom. The molecule has 0 atom stereocenters. The molecule has 4 rings (SSSR count). The molecule has 0 saturated carbocycles. The van der Waals surface area contributed by atoms with E-state index in [1.54, 1.807) is 12.1 Å². The molecule has 1 aliphatic carbocycles. The Balaban J connectivity index is 0.000000679. The van der Waals surface area contributed by atoms with Gasteiger partial charge in [-0.25, -0.2) is 0 Å². The SMILES string of the molecule is CCCCCCCCCCCCCCCCCC[N+](C)(CCCCCCCCCCCCCCCC)CCCCCCCCCCCCCCCC.CCCCCCCCCCCCCCCC[N+](C)(CCCCCCCCCCCCCCCC)CCCCCCCCCCCCCCCC.Cc1ccc2c(c1)C(=O)/C(=C1\Cc3ccc(S(=O)(=O)O)cc3C1=O)N2. The number of benzene rings is 2. The van der Waals surface area contributed by atoms with E-state index >= 15 is 0 Å². The second-order valence-corrected chi connectivity index (χ2v) is 43.4. The molecular weight excluding hydrogens is 1570 g/mol. The van der Waals surface area contributed by atoms with Gasteiger partial charge in [-0.2, -0.15) is 8.42 Å². The Morgan fingerprint density at radius 1 is 0.260 bits per heavy atom. The molecule has 2 aromatic carbocycles. The number of aryl methyl sites for hydroxylation is 1. The van der Waals surface area contributed by atoms with Gasteiger partial charge in [-0.15, -0.1) is 0 Å². The first-order chi connectivity index (χ1) is 62.1. The number of nitrogens with one attached hydrogen (secondary N) is 1. The van der Waals surface area contributed by atoms with E-state index in [1.165, 1.54) is 613 Å². The van der Waals surface area contributed by atoms with Gasteiger partial charge >= 0.3 is 0 Å². The number of carbonyl (C=O) groups is 2. The summed E-state index contributed by atoms with van der Waals surface area (Å²) < 4.78 is 34.4. The van der Waals surface area contributed by atoms with Gasteiger partial charge in [0.05, 0.1) is 64.0 Å². The lowest BCUT2D eigenvalue weighted by Crippen LogP contribution is -2.46. The number of rotatable bonds is 93. The first-order valence-corrected chi connectivity index (χ1v) is 59.0. The van der Waals surface area contributed by atoms with E-state index in [4.69, 9.17) is 4.55 Å². The molecule has 742 valence electrons. The fraction of sp³-hybridized carbons (Fsp3) is 0.864. The van der Waals surface area contributed by atoms with Crippen LogP contribution < -0.4 is 5.32 Å². The monoisotopic (exact) mass is 1790 g/mol. The van der Waals surface area contributed by atoms with Gasteiger partial charge in [0.2, 0.25) is 5.78 Å². The minimum atomic E-state index is -4.39. The molecule has 0 aromatic heterocycles. The zero-order valence-electron chi connectivity index (χ0n) is 87.1. The summed E-state index contributed by atoms with van der Waals surface area (Å²) in [5.41, 5.74) is 3.47. The van der Waals surface area contributed by atoms with Gasteiger partial charge in [0.25, 0.3) is 10.1 Å². The van der Waals surface area contributed by atoms with Crippen LogP contribution >= 0.6 is 0 Å². The molecule has 0 saturated heterocycles. The van der Waals surface area contributed by atoms with E-state index in [0.717, 1.165) is 11.6 Å². The Hall–Kier alpha value is -2.85. The number of hydrogen-bond acceptors (Lipinski definition) is 5. The third-order valence-electron chi connectivity index (χ3n) is 29.3. The minimum absolute atomic E-state index is 0.194. The number of anilines is 1. The Morgan fingerprint density at radius 3 is 0.654 bits per heavy atom. The molecule has 0 bridgehead atoms. The number of unbranched alkanes of at least 4 members (excludes halogenated alkanes) is 80. The van der Waals surface area contributed by atoms with Crippen molar-refractivity contribution in [2.45, 2.75) is 612 Å². The van der Waals surface area contributed by atoms with Crippen molar-refractivity contribution in [1.29, 1.82) is 0 Å². The maximum absolute atomic E-state index is 12.7. The van der Waals surface area contributed by atoms with Crippen LogP contribution in [-0.2, 0) is 16.5 Å². The summed E-state index contributed by atoms with van der Waals surface area (Å²) in [6.45, 7) is 24.4. The molecule has 2 N–H and O–H groups in total. The largest absolute Gasteiger partial charge is 0.351 e. The van der Waals surface area contributed by atoms with Crippen molar-refractivity contribution in [2.75, 3.05) is 58.7 Å². The average molecular weight is 1790 g/mol. The normalized spacial score (nSPS) is 13.4. The van der Waals surface area contributed by atoms with Gasteiger partial charge in [-0.1, -0.05) is 534 Å². The zero-order valence-corrected chi connectivity index (χ0v) is 87.9. The number of Topliss-reactive ketones (excluding diaryl/α,β-unsaturated/α-hetero) is 2. The van der Waals surface area contributed by atoms with Crippen molar-refractivity contribution in [3.63, 3.8) is 0 Å². The third-order valence-corrected chi connectivity index (χ3v) is 30.1. The fourth-order valence-electron chi connectivity index (χ4n) is 20.4. The summed E-state index contributed by atoms with van der Waals surface area (Å²) in [6.07, 6.45) is 127. The van der Waals surface area contributed by atoms with Gasteiger partial charge in [0, 0.05) is 28.8 Å². The molecule has 0 unspecified atom stereocenters. The molecule has 1 heterocycles. The summed E-state index contributed by atoms with van der Waals surface area (Å²) >= 11 is 0. The van der Waals surface area contributed by atoms with Crippen LogP contribution in [0.15, 0.2) is 52.6 Å². The quantitative estimate of drug-likeness (QED) is 0.0296. The number of allylic oxidation sites excluding steroid dienone is 2. The molecule has 9 heteroatoms. The second-order valence-electron chi connectivity index (χ2n) is 42.0. The van der Waals surface area contributed by atoms with E-state index < -0.39 is 15.9 Å². The molecule has 0 radical (unpaired) electrons. The Kier molecular flexibility index (Phi) is 82.6. The number of ketones is 2. The molecular formula is C118H221N3O5S+2. The third kappa shape index (κ3) is 69.6. The van der Waals surface area contributed by atoms with Crippen LogP contribution in [0.1, 0.15) is 626 Å². The van der Waals surface area contributed by atoms with Crippen molar-refractivity contribution in [3.05, 3.63) is 69.9 Å². The van der Waals surface area contributed by atoms with Crippen LogP contribution in [0.5, 0.6) is 0 Å². The molecule has 1 aliphatic heterocycles. The summed E-state index contributed by atoms with van der Waals surface area (Å²) in [4.78, 5) is 25.0. The van der Waals surface area contributed by atoms with Gasteiger partial charge in [0.15, 0.2) is 5.78 Å². The van der Waals surface area contributed by atoms with Crippen LogP contribution in [0.2, 0.25) is 0 Å². The van der Waals surface area contributed by atoms with E-state index in [2.05, 4.69) is 61.0 Å². The summed E-state index contributed by atoms with van der Waals surface area (Å²) in [5.74, 6) is -0.647. The van der Waals surface area contributed by atoms with Gasteiger partial charge in [-0.05, 0) is 114 Å². The lowest BCUT2D eigenvalue weighted by Gasteiger charge is -2.35. The van der Waals surface area contributed by atoms with Crippen molar-refractivity contribution in [3.8, 4) is 0 Å². The van der Waals surface area contributed by atoms with Crippen molar-refractivity contribution < 1.29 is 31.5 Å². The number of hydrogen-bond donors (Lipinski definition) is 2. The topological polar surface area (TPSA) is 101 Å². The van der Waals surface area contributed by atoms with Crippen molar-refractivity contribution in [1.82, 2.24) is 0 Å². The maximum Gasteiger partial charge on any atom is 0.294 e. The van der Waals surface area contributed by atoms with Gasteiger partial charge < -0.3 is 14.3 Å². The highest BCUT2D eigenvalue weighted by Crippen LogP contribution is 2.37. The molecule has 8 nitrogen and oxygen atoms in total. The molecule has 0 fully saturated rings. The highest BCUT2D eigenvalue weighted by atomic mass is 32.2. The summed E-state index contributed by atoms with van der Waals surface area (Å²) in [5, 5.41) is 3.01. The van der Waals surface area contributed by atoms with E-state index in [9.17, 15) is 18.0 Å². The number of carbonyl (C=O) groups excluding carboxylic acids is 2. The highest BCUT2D eigenvalue weighted by molar-refractivity contribution is 7.85. The lowest BCUT2D eigenvalue weighted by molar-refractivity contribution is -0.910. The average Bonchev–Trinajstić information content (AvgIpc) is 1.60. The Bertz CT molecular complexity index is 2810. The molecule has 127 heavy (non-hydrogen) atoms. The smallest absolute Gasteiger partial charge is 0.294 e. The lowest BCUT2D eigenvalue weighted by atomic mass is 10.0. The molecule has 2 aliphatic rings. The van der Waals surface area contributed by atoms with Gasteiger partial charge in [-0.3, -0.25) is 14.1 Å². The Labute approximate surface area is 794 Å². The number of quaternary nitrogens is 2. The standard InChI is InChI=1S/C51H106N.C49H102N.C18H13NO5S/c1-5-8-11-14-17-20-23-26-29-30-33-36-39-42-45-48-51-52(4,49-46-43-40-37-34-31-27-24-21-18-15-12-9-6-2)50-47-44-41-38-35-32-28-25-22-19-16-13-10-7-3;1-5-8-11-14-17-20-23-26-29-32-35-38-41-44-47-50(4,48-45-42-39-36-33-30-27-24-21-18-15-12-9-6-2)49-46-43-40-37-34-31-28-25-22-19-16-13-10-7-3;1-9-2-5-15-13(6-9)18(21)16(19-15)14-7-10-3-4-11(25(22,23)24)8-12(10)17(14)20/h5-51H2,1-4H3;5-49H2,1-4H3;2-6,8,19H,7H2,1H3,(H,22,23,24)/q2*+1;/b;;16-14-. The van der Waals surface area contributed by atoms with Crippen molar-refractivity contribution >= 4 is 27.4 Å². The van der Waals surface area contributed by atoms with Crippen LogP contribution in [0, 0.1) is 6.92 Å². The molecule has 2 aromatic rings. The van der Waals surface area contributed by atoms with E-state index in [1.807, 2.05) is 13.0 Å². The predicted molar refractivity (Wildman–Crippen MR) is 563 cm³/mol. The summed E-state index contributed by atoms with van der Waals surface area (Å²) in [6, 6.07) is 9.31. The predicted octanol–water partition coefficient (Wildman–Crippen LogP) is 39.1. The highest BCUT2D eigenvalue weighted by Gasteiger charge is 2.35. The molecule has 0 amide bonds. The number of fused-ring (bicyclic) bond motifs is 2.